The van der Waals surface area contributed by atoms with Gasteiger partial charge in [-0.2, -0.15) is 5.10 Å². The van der Waals surface area contributed by atoms with Crippen LogP contribution in [-0.4, -0.2) is 56.7 Å². The van der Waals surface area contributed by atoms with Crippen LogP contribution in [0.25, 0.3) is 11.3 Å². The van der Waals surface area contributed by atoms with E-state index in [0.717, 1.165) is 80.7 Å². The topological polar surface area (TPSA) is 81.1 Å². The summed E-state index contributed by atoms with van der Waals surface area (Å²) in [6, 6.07) is 8.08. The van der Waals surface area contributed by atoms with Gasteiger partial charge in [-0.25, -0.2) is 0 Å². The molecule has 0 radical (unpaired) electrons. The lowest BCUT2D eigenvalue weighted by Gasteiger charge is -2.20. The van der Waals surface area contributed by atoms with E-state index in [4.69, 9.17) is 9.47 Å². The predicted molar refractivity (Wildman–Crippen MR) is 108 cm³/mol. The van der Waals surface area contributed by atoms with Gasteiger partial charge in [-0.05, 0) is 37.1 Å². The normalized spacial score (nSPS) is 19.8. The van der Waals surface area contributed by atoms with E-state index < -0.39 is 0 Å². The first-order chi connectivity index (χ1) is 14.3. The fraction of sp³-hybridized carbons (Fsp3) is 0.476. The number of methoxy groups -OCH3 is 1. The van der Waals surface area contributed by atoms with E-state index in [1.54, 1.807) is 7.11 Å². The van der Waals surface area contributed by atoms with Crippen molar-refractivity contribution < 1.29 is 9.47 Å². The van der Waals surface area contributed by atoms with Crippen molar-refractivity contribution >= 4 is 0 Å². The van der Waals surface area contributed by atoms with Gasteiger partial charge in [0.1, 0.15) is 17.7 Å². The number of hydrogen-bond acceptors (Lipinski definition) is 6. The van der Waals surface area contributed by atoms with Gasteiger partial charge in [0.15, 0.2) is 5.82 Å². The zero-order valence-corrected chi connectivity index (χ0v) is 16.7. The average Bonchev–Trinajstić information content (AvgIpc) is 3.49. The quantitative estimate of drug-likeness (QED) is 0.716. The van der Waals surface area contributed by atoms with Gasteiger partial charge in [-0.1, -0.05) is 0 Å². The molecule has 5 rings (SSSR count). The number of aromatic amines is 1. The van der Waals surface area contributed by atoms with E-state index in [1.807, 2.05) is 18.3 Å². The molecule has 152 valence electrons. The molecule has 3 aromatic rings. The molecule has 0 spiro atoms. The lowest BCUT2D eigenvalue weighted by atomic mass is 10.1. The number of fused-ring (bicyclic) bond motifs is 1. The Morgan fingerprint density at radius 2 is 2.07 bits per heavy atom. The van der Waals surface area contributed by atoms with Gasteiger partial charge in [0.05, 0.1) is 19.0 Å². The first-order valence-electron chi connectivity index (χ1n) is 10.2. The molecule has 0 saturated carbocycles. The highest BCUT2D eigenvalue weighted by Gasteiger charge is 2.27. The molecule has 2 aliphatic rings. The van der Waals surface area contributed by atoms with E-state index in [0.29, 0.717) is 0 Å². The Balaban J connectivity index is 1.29. The van der Waals surface area contributed by atoms with Crippen molar-refractivity contribution in [2.24, 2.45) is 0 Å². The zero-order valence-electron chi connectivity index (χ0n) is 16.7. The Morgan fingerprint density at radius 3 is 2.86 bits per heavy atom. The van der Waals surface area contributed by atoms with Gasteiger partial charge >= 0.3 is 0 Å². The molecule has 1 aromatic carbocycles. The van der Waals surface area contributed by atoms with Crippen molar-refractivity contribution in [3.8, 4) is 17.0 Å². The molecule has 1 saturated heterocycles. The average molecular weight is 394 g/mol. The Labute approximate surface area is 169 Å². The SMILES string of the molecule is COc1ccc(-c2[nH]ncc2CN2CCc3nnc(C4CCCO4)n3CC2)cc1. The van der Waals surface area contributed by atoms with Crippen LogP contribution in [0.1, 0.15) is 36.2 Å². The van der Waals surface area contributed by atoms with Gasteiger partial charge in [-0.15, -0.1) is 10.2 Å². The van der Waals surface area contributed by atoms with Crippen LogP contribution in [0.3, 0.4) is 0 Å². The number of aromatic nitrogens is 5. The molecule has 2 aromatic heterocycles. The first kappa shape index (κ1) is 18.3. The molecule has 1 fully saturated rings. The fourth-order valence-corrected chi connectivity index (χ4v) is 4.25. The summed E-state index contributed by atoms with van der Waals surface area (Å²) in [4.78, 5) is 2.46. The number of hydrogen-bond donors (Lipinski definition) is 1. The monoisotopic (exact) mass is 394 g/mol. The molecule has 1 unspecified atom stereocenters. The van der Waals surface area contributed by atoms with E-state index in [-0.39, 0.29) is 6.10 Å². The summed E-state index contributed by atoms with van der Waals surface area (Å²) >= 11 is 0. The maximum atomic E-state index is 5.84. The summed E-state index contributed by atoms with van der Waals surface area (Å²) in [6.07, 6.45) is 5.09. The molecule has 29 heavy (non-hydrogen) atoms. The molecule has 8 nitrogen and oxygen atoms in total. The Kier molecular flexibility index (Phi) is 5.03. The van der Waals surface area contributed by atoms with Gasteiger partial charge < -0.3 is 14.0 Å². The minimum absolute atomic E-state index is 0.110. The maximum Gasteiger partial charge on any atom is 0.162 e. The van der Waals surface area contributed by atoms with Crippen LogP contribution in [0.4, 0.5) is 0 Å². The lowest BCUT2D eigenvalue weighted by molar-refractivity contribution is 0.101. The van der Waals surface area contributed by atoms with Crippen molar-refractivity contribution in [3.63, 3.8) is 0 Å². The molecule has 8 heteroatoms. The summed E-state index contributed by atoms with van der Waals surface area (Å²) in [7, 11) is 1.68. The lowest BCUT2D eigenvalue weighted by Crippen LogP contribution is -2.27. The summed E-state index contributed by atoms with van der Waals surface area (Å²) in [5.74, 6) is 2.93. The molecule has 1 N–H and O–H groups in total. The van der Waals surface area contributed by atoms with Crippen molar-refractivity contribution in [2.75, 3.05) is 26.8 Å². The van der Waals surface area contributed by atoms with Crippen molar-refractivity contribution in [1.82, 2.24) is 29.9 Å². The van der Waals surface area contributed by atoms with Crippen molar-refractivity contribution in [2.45, 2.75) is 38.5 Å². The van der Waals surface area contributed by atoms with Crippen molar-refractivity contribution in [1.29, 1.82) is 0 Å². The van der Waals surface area contributed by atoms with E-state index in [2.05, 4.69) is 42.0 Å². The molecular formula is C21H26N6O2. The van der Waals surface area contributed by atoms with Crippen LogP contribution < -0.4 is 4.74 Å². The molecular weight excluding hydrogens is 368 g/mol. The number of benzene rings is 1. The summed E-state index contributed by atoms with van der Waals surface area (Å²) in [5, 5.41) is 16.3. The van der Waals surface area contributed by atoms with E-state index >= 15 is 0 Å². The van der Waals surface area contributed by atoms with Gasteiger partial charge in [0.2, 0.25) is 0 Å². The van der Waals surface area contributed by atoms with Gasteiger partial charge in [0, 0.05) is 50.3 Å². The predicted octanol–water partition coefficient (Wildman–Crippen LogP) is 2.59. The van der Waals surface area contributed by atoms with Crippen LogP contribution >= 0.6 is 0 Å². The largest absolute Gasteiger partial charge is 0.497 e. The molecule has 4 heterocycles. The minimum Gasteiger partial charge on any atom is -0.497 e. The fourth-order valence-electron chi connectivity index (χ4n) is 4.25. The standard InChI is InChI=1S/C21H26N6O2/c1-28-17-6-4-15(5-7-17)20-16(13-22-24-20)14-26-9-8-19-23-25-21(27(19)11-10-26)18-3-2-12-29-18/h4-7,13,18H,2-3,8-12,14H2,1H3,(H,22,24). The maximum absolute atomic E-state index is 5.84. The summed E-state index contributed by atoms with van der Waals surface area (Å²) < 4.78 is 13.4. The van der Waals surface area contributed by atoms with Crippen LogP contribution in [0.2, 0.25) is 0 Å². The van der Waals surface area contributed by atoms with E-state index in [9.17, 15) is 0 Å². The van der Waals surface area contributed by atoms with Gasteiger partial charge in [0.25, 0.3) is 0 Å². The first-order valence-corrected chi connectivity index (χ1v) is 10.2. The Bertz CT molecular complexity index is 958. The third kappa shape index (κ3) is 3.65. The Hall–Kier alpha value is -2.71. The zero-order chi connectivity index (χ0) is 19.6. The van der Waals surface area contributed by atoms with E-state index in [1.165, 1.54) is 5.56 Å². The summed E-state index contributed by atoms with van der Waals surface area (Å²) in [5.41, 5.74) is 3.38. The molecule has 1 atom stereocenters. The third-order valence-electron chi connectivity index (χ3n) is 5.86. The second kappa shape index (κ2) is 7.96. The van der Waals surface area contributed by atoms with Crippen LogP contribution in [-0.2, 0) is 24.2 Å². The van der Waals surface area contributed by atoms with Gasteiger partial charge in [-0.3, -0.25) is 10.00 Å². The number of nitrogens with zero attached hydrogens (tertiary/aromatic N) is 5. The van der Waals surface area contributed by atoms with Crippen LogP contribution in [0.5, 0.6) is 5.75 Å². The number of rotatable bonds is 5. The molecule has 0 bridgehead atoms. The number of nitrogens with one attached hydrogen (secondary N) is 1. The smallest absolute Gasteiger partial charge is 0.162 e. The highest BCUT2D eigenvalue weighted by molar-refractivity contribution is 5.63. The number of ether oxygens (including phenoxy) is 2. The molecule has 2 aliphatic heterocycles. The second-order valence-electron chi connectivity index (χ2n) is 7.65. The highest BCUT2D eigenvalue weighted by Crippen LogP contribution is 2.29. The number of H-pyrrole nitrogens is 1. The Morgan fingerprint density at radius 1 is 1.17 bits per heavy atom. The van der Waals surface area contributed by atoms with Crippen LogP contribution in [0.15, 0.2) is 30.5 Å². The highest BCUT2D eigenvalue weighted by atomic mass is 16.5. The third-order valence-corrected chi connectivity index (χ3v) is 5.86. The second-order valence-corrected chi connectivity index (χ2v) is 7.65. The van der Waals surface area contributed by atoms with Crippen molar-refractivity contribution in [3.05, 3.63) is 47.7 Å². The van der Waals surface area contributed by atoms with Crippen LogP contribution in [0, 0.1) is 0 Å². The molecule has 0 amide bonds. The summed E-state index contributed by atoms with van der Waals surface area (Å²) in [6.45, 7) is 4.49. The molecule has 0 aliphatic carbocycles. The minimum atomic E-state index is 0.110.